The number of aromatic nitrogens is 4. The van der Waals surface area contributed by atoms with E-state index in [0.717, 1.165) is 29.7 Å². The van der Waals surface area contributed by atoms with Gasteiger partial charge in [-0.05, 0) is 18.9 Å². The van der Waals surface area contributed by atoms with Gasteiger partial charge in [0.1, 0.15) is 5.52 Å². The molecule has 3 rings (SSSR count). The van der Waals surface area contributed by atoms with Crippen LogP contribution in [-0.2, 0) is 20.0 Å². The molecule has 2 heterocycles. The molecule has 0 amide bonds. The lowest BCUT2D eigenvalue weighted by atomic mass is 10.1. The highest BCUT2D eigenvalue weighted by atomic mass is 15.3. The number of anilines is 1. The molecule has 0 saturated heterocycles. The van der Waals surface area contributed by atoms with Crippen molar-refractivity contribution >= 4 is 17.1 Å². The van der Waals surface area contributed by atoms with Gasteiger partial charge in [0.25, 0.3) is 0 Å². The fourth-order valence-electron chi connectivity index (χ4n) is 2.70. The summed E-state index contributed by atoms with van der Waals surface area (Å²) in [5, 5.41) is 4.57. The van der Waals surface area contributed by atoms with Crippen molar-refractivity contribution in [3.05, 3.63) is 41.1 Å². The van der Waals surface area contributed by atoms with Crippen molar-refractivity contribution in [1.29, 1.82) is 0 Å². The van der Waals surface area contributed by atoms with Crippen molar-refractivity contribution in [3.8, 4) is 0 Å². The second-order valence-electron chi connectivity index (χ2n) is 5.53. The van der Waals surface area contributed by atoms with Gasteiger partial charge in [0, 0.05) is 7.05 Å². The van der Waals surface area contributed by atoms with Crippen LogP contribution in [0.2, 0.25) is 0 Å². The number of rotatable bonds is 4. The summed E-state index contributed by atoms with van der Waals surface area (Å²) in [6.45, 7) is 4.95. The number of nitrogen functional groups attached to an aromatic ring is 1. The zero-order valence-corrected chi connectivity index (χ0v) is 12.8. The lowest BCUT2D eigenvalue weighted by molar-refractivity contribution is 0.712. The summed E-state index contributed by atoms with van der Waals surface area (Å²) in [6, 6.07) is 8.49. The predicted molar refractivity (Wildman–Crippen MR) is 85.2 cm³/mol. The summed E-state index contributed by atoms with van der Waals surface area (Å²) in [4.78, 5) is 4.52. The lowest BCUT2D eigenvalue weighted by Gasteiger charge is -2.07. The number of hydrogen-bond donors (Lipinski definition) is 1. The van der Waals surface area contributed by atoms with Crippen LogP contribution in [0.25, 0.3) is 11.2 Å². The van der Waals surface area contributed by atoms with E-state index < -0.39 is 0 Å². The molecule has 110 valence electrons. The van der Waals surface area contributed by atoms with Crippen LogP contribution in [0.4, 0.5) is 5.95 Å². The largest absolute Gasteiger partial charge is 0.369 e. The van der Waals surface area contributed by atoms with Gasteiger partial charge in [-0.2, -0.15) is 5.10 Å². The van der Waals surface area contributed by atoms with Crippen LogP contribution in [0.3, 0.4) is 0 Å². The minimum atomic E-state index is 0.552. The number of hydrogen-bond acceptors (Lipinski definition) is 3. The SMILES string of the molecule is CCCc1nn(C)c2c1nc(N)n2Cc1ccc(C)cc1. The fraction of sp³-hybridized carbons (Fsp3) is 0.375. The fourth-order valence-corrected chi connectivity index (χ4v) is 2.70. The maximum Gasteiger partial charge on any atom is 0.202 e. The van der Waals surface area contributed by atoms with Crippen LogP contribution in [-0.4, -0.2) is 19.3 Å². The Bertz CT molecular complexity index is 764. The van der Waals surface area contributed by atoms with Crippen LogP contribution in [0, 0.1) is 6.92 Å². The second kappa shape index (κ2) is 5.24. The highest BCUT2D eigenvalue weighted by molar-refractivity contribution is 5.77. The third-order valence-electron chi connectivity index (χ3n) is 3.77. The van der Waals surface area contributed by atoms with Crippen LogP contribution < -0.4 is 5.73 Å². The molecular weight excluding hydrogens is 262 g/mol. The molecule has 0 unspecified atom stereocenters. The maximum absolute atomic E-state index is 6.12. The highest BCUT2D eigenvalue weighted by Gasteiger charge is 2.17. The quantitative estimate of drug-likeness (QED) is 0.800. The van der Waals surface area contributed by atoms with Crippen molar-refractivity contribution < 1.29 is 0 Å². The van der Waals surface area contributed by atoms with Crippen LogP contribution in [0.15, 0.2) is 24.3 Å². The van der Waals surface area contributed by atoms with Crippen molar-refractivity contribution in [1.82, 2.24) is 19.3 Å². The summed E-state index contributed by atoms with van der Waals surface area (Å²) in [7, 11) is 1.95. The number of nitrogens with zero attached hydrogens (tertiary/aromatic N) is 4. The molecule has 0 aliphatic carbocycles. The third kappa shape index (κ3) is 2.39. The van der Waals surface area contributed by atoms with E-state index in [1.807, 2.05) is 16.3 Å². The Morgan fingerprint density at radius 1 is 1.19 bits per heavy atom. The Morgan fingerprint density at radius 2 is 1.90 bits per heavy atom. The molecular formula is C16H21N5. The number of fused-ring (bicyclic) bond motifs is 1. The molecule has 2 N–H and O–H groups in total. The first kappa shape index (κ1) is 13.7. The monoisotopic (exact) mass is 283 g/mol. The molecule has 0 bridgehead atoms. The first-order chi connectivity index (χ1) is 10.1. The number of imidazole rings is 1. The smallest absolute Gasteiger partial charge is 0.202 e. The zero-order chi connectivity index (χ0) is 15.0. The van der Waals surface area contributed by atoms with E-state index in [1.54, 1.807) is 0 Å². The van der Waals surface area contributed by atoms with E-state index in [1.165, 1.54) is 11.1 Å². The zero-order valence-electron chi connectivity index (χ0n) is 12.8. The molecule has 0 atom stereocenters. The number of nitrogens with two attached hydrogens (primary N) is 1. The van der Waals surface area contributed by atoms with Gasteiger partial charge in [0.15, 0.2) is 5.65 Å². The standard InChI is InChI=1S/C16H21N5/c1-4-5-13-14-15(20(3)19-13)21(16(17)18-14)10-12-8-6-11(2)7-9-12/h6-9H,4-5,10H2,1-3H3,(H2,17,18). The molecule has 5 nitrogen and oxygen atoms in total. The van der Waals surface area contributed by atoms with Crippen LogP contribution in [0.1, 0.15) is 30.2 Å². The Kier molecular flexibility index (Phi) is 3.41. The molecule has 2 aromatic heterocycles. The van der Waals surface area contributed by atoms with Crippen molar-refractivity contribution in [2.45, 2.75) is 33.2 Å². The molecule has 21 heavy (non-hydrogen) atoms. The van der Waals surface area contributed by atoms with Crippen LogP contribution in [0.5, 0.6) is 0 Å². The summed E-state index contributed by atoms with van der Waals surface area (Å²) in [6.07, 6.45) is 1.98. The molecule has 3 aromatic rings. The van der Waals surface area contributed by atoms with Gasteiger partial charge in [-0.25, -0.2) is 4.98 Å². The van der Waals surface area contributed by atoms with E-state index in [2.05, 4.69) is 48.2 Å². The summed E-state index contributed by atoms with van der Waals surface area (Å²) < 4.78 is 3.92. The molecule has 0 aliphatic heterocycles. The molecule has 0 saturated carbocycles. The van der Waals surface area contributed by atoms with Gasteiger partial charge in [-0.1, -0.05) is 43.2 Å². The van der Waals surface area contributed by atoms with E-state index in [0.29, 0.717) is 12.5 Å². The second-order valence-corrected chi connectivity index (χ2v) is 5.53. The van der Waals surface area contributed by atoms with E-state index in [4.69, 9.17) is 5.73 Å². The molecule has 0 radical (unpaired) electrons. The van der Waals surface area contributed by atoms with Gasteiger partial charge in [-0.3, -0.25) is 9.25 Å². The Labute approximate surface area is 124 Å². The van der Waals surface area contributed by atoms with E-state index >= 15 is 0 Å². The molecule has 0 aliphatic rings. The van der Waals surface area contributed by atoms with Crippen molar-refractivity contribution in [2.24, 2.45) is 7.05 Å². The van der Waals surface area contributed by atoms with E-state index in [-0.39, 0.29) is 0 Å². The first-order valence-electron chi connectivity index (χ1n) is 7.33. The number of benzene rings is 1. The minimum absolute atomic E-state index is 0.552. The van der Waals surface area contributed by atoms with Gasteiger partial charge < -0.3 is 5.73 Å². The molecule has 0 fully saturated rings. The lowest BCUT2D eigenvalue weighted by Crippen LogP contribution is -2.08. The summed E-state index contributed by atoms with van der Waals surface area (Å²) in [5.74, 6) is 0.552. The molecule has 1 aromatic carbocycles. The molecule has 5 heteroatoms. The molecule has 0 spiro atoms. The summed E-state index contributed by atoms with van der Waals surface area (Å²) >= 11 is 0. The first-order valence-corrected chi connectivity index (χ1v) is 7.33. The van der Waals surface area contributed by atoms with Crippen molar-refractivity contribution in [2.75, 3.05) is 5.73 Å². The van der Waals surface area contributed by atoms with Gasteiger partial charge in [-0.15, -0.1) is 0 Å². The van der Waals surface area contributed by atoms with Crippen molar-refractivity contribution in [3.63, 3.8) is 0 Å². The minimum Gasteiger partial charge on any atom is -0.369 e. The van der Waals surface area contributed by atoms with E-state index in [9.17, 15) is 0 Å². The topological polar surface area (TPSA) is 61.7 Å². The maximum atomic E-state index is 6.12. The normalized spacial score (nSPS) is 11.4. The van der Waals surface area contributed by atoms with Gasteiger partial charge in [0.2, 0.25) is 5.95 Å². The third-order valence-corrected chi connectivity index (χ3v) is 3.77. The van der Waals surface area contributed by atoms with Gasteiger partial charge >= 0.3 is 0 Å². The average molecular weight is 283 g/mol. The highest BCUT2D eigenvalue weighted by Crippen LogP contribution is 2.23. The number of aryl methyl sites for hydroxylation is 3. The van der Waals surface area contributed by atoms with Crippen LogP contribution >= 0.6 is 0 Å². The summed E-state index contributed by atoms with van der Waals surface area (Å²) in [5.41, 5.74) is 11.6. The Morgan fingerprint density at radius 3 is 2.57 bits per heavy atom. The Balaban J connectivity index is 2.05. The average Bonchev–Trinajstić information content (AvgIpc) is 2.92. The Hall–Kier alpha value is -2.30. The predicted octanol–water partition coefficient (Wildman–Crippen LogP) is 2.66. The van der Waals surface area contributed by atoms with Gasteiger partial charge in [0.05, 0.1) is 12.2 Å².